The summed E-state index contributed by atoms with van der Waals surface area (Å²) in [5.74, 6) is 0. The summed E-state index contributed by atoms with van der Waals surface area (Å²) in [7, 11) is 5.62. The smallest absolute Gasteiger partial charge is 0.113 e. The summed E-state index contributed by atoms with van der Waals surface area (Å²) in [6, 6.07) is 5.46. The summed E-state index contributed by atoms with van der Waals surface area (Å²) in [6.45, 7) is 3.63. The van der Waals surface area contributed by atoms with E-state index in [1.54, 1.807) is 18.3 Å². The van der Waals surface area contributed by atoms with E-state index in [2.05, 4.69) is 16.5 Å². The van der Waals surface area contributed by atoms with Gasteiger partial charge in [-0.3, -0.25) is 4.98 Å². The van der Waals surface area contributed by atoms with Crippen molar-refractivity contribution in [2.45, 2.75) is 0 Å². The molecule has 2 radical (unpaired) electrons. The summed E-state index contributed by atoms with van der Waals surface area (Å²) in [5, 5.41) is 0. The molecule has 1 aromatic heterocycles. The van der Waals surface area contributed by atoms with Crippen LogP contribution in [0.25, 0.3) is 17.1 Å². The Morgan fingerprint density at radius 1 is 1.31 bits per heavy atom. The fourth-order valence-electron chi connectivity index (χ4n) is 1.14. The maximum absolute atomic E-state index is 5.62. The average Bonchev–Trinajstić information content (AvgIpc) is 2.16. The molecule has 2 aromatic rings. The van der Waals surface area contributed by atoms with E-state index in [1.807, 2.05) is 12.1 Å². The average molecular weight is 166 g/mol. The molecular weight excluding hydrogens is 159 g/mol. The van der Waals surface area contributed by atoms with Crippen molar-refractivity contribution in [3.8, 4) is 0 Å². The molecule has 0 spiro atoms. The van der Waals surface area contributed by atoms with Crippen LogP contribution in [0.1, 0.15) is 5.69 Å². The van der Waals surface area contributed by atoms with Crippen LogP contribution in [0, 0.1) is 0 Å². The summed E-state index contributed by atoms with van der Waals surface area (Å²) in [5.41, 5.74) is 3.11. The number of hydrogen-bond acceptors (Lipinski definition) is 2. The Hall–Kier alpha value is -1.64. The van der Waals surface area contributed by atoms with Gasteiger partial charge >= 0.3 is 0 Å². The molecule has 13 heavy (non-hydrogen) atoms. The predicted molar refractivity (Wildman–Crippen MR) is 55.0 cm³/mol. The first-order valence-electron chi connectivity index (χ1n) is 3.94. The maximum atomic E-state index is 5.62. The summed E-state index contributed by atoms with van der Waals surface area (Å²) >= 11 is 0. The monoisotopic (exact) mass is 166 g/mol. The Labute approximate surface area is 77.7 Å². The second-order valence-electron chi connectivity index (χ2n) is 2.75. The largest absolute Gasteiger partial charge is 0.252 e. The molecule has 2 rings (SSSR count). The highest BCUT2D eigenvalue weighted by molar-refractivity contribution is 6.33. The first-order valence-corrected chi connectivity index (χ1v) is 3.94. The molecule has 60 valence electrons. The zero-order valence-corrected chi connectivity index (χ0v) is 7.07. The third-order valence-corrected chi connectivity index (χ3v) is 1.79. The van der Waals surface area contributed by atoms with Crippen molar-refractivity contribution in [3.63, 3.8) is 0 Å². The molecule has 0 saturated heterocycles. The van der Waals surface area contributed by atoms with Gasteiger partial charge in [-0.25, -0.2) is 4.98 Å². The summed E-state index contributed by atoms with van der Waals surface area (Å²) in [6.07, 6.45) is 3.35. The highest BCUT2D eigenvalue weighted by Gasteiger charge is 1.96. The molecular formula is C10H7BN2. The van der Waals surface area contributed by atoms with E-state index in [9.17, 15) is 0 Å². The quantitative estimate of drug-likeness (QED) is 0.592. The van der Waals surface area contributed by atoms with Crippen LogP contribution in [0.5, 0.6) is 0 Å². The van der Waals surface area contributed by atoms with Crippen molar-refractivity contribution in [1.29, 1.82) is 0 Å². The molecule has 0 saturated carbocycles. The second-order valence-corrected chi connectivity index (χ2v) is 2.75. The minimum atomic E-state index is 0.697. The van der Waals surface area contributed by atoms with Crippen LogP contribution >= 0.6 is 0 Å². The van der Waals surface area contributed by atoms with Crippen LogP contribution in [-0.2, 0) is 0 Å². The third kappa shape index (κ3) is 1.45. The molecule has 3 heteroatoms. The lowest BCUT2D eigenvalue weighted by Crippen LogP contribution is -2.01. The first-order chi connectivity index (χ1) is 6.29. The molecule has 0 N–H and O–H groups in total. The maximum Gasteiger partial charge on any atom is 0.113 e. The normalized spacial score (nSPS) is 10.2. The molecule has 1 heterocycles. The van der Waals surface area contributed by atoms with Crippen molar-refractivity contribution in [1.82, 2.24) is 9.97 Å². The van der Waals surface area contributed by atoms with Gasteiger partial charge in [0.25, 0.3) is 0 Å². The molecule has 0 fully saturated rings. The number of benzene rings is 1. The van der Waals surface area contributed by atoms with Gasteiger partial charge in [-0.05, 0) is 18.2 Å². The van der Waals surface area contributed by atoms with Crippen LogP contribution in [0.15, 0.2) is 31.0 Å². The Balaban J connectivity index is 2.74. The molecule has 0 aliphatic carbocycles. The van der Waals surface area contributed by atoms with Gasteiger partial charge in [-0.15, -0.1) is 0 Å². The van der Waals surface area contributed by atoms with Crippen molar-refractivity contribution >= 4 is 30.4 Å². The van der Waals surface area contributed by atoms with Gasteiger partial charge in [0.05, 0.1) is 22.9 Å². The number of rotatable bonds is 1. The van der Waals surface area contributed by atoms with Crippen LogP contribution in [-0.4, -0.2) is 17.8 Å². The van der Waals surface area contributed by atoms with Gasteiger partial charge in [0.1, 0.15) is 7.85 Å². The Morgan fingerprint density at radius 2 is 2.15 bits per heavy atom. The first kappa shape index (κ1) is 7.99. The van der Waals surface area contributed by atoms with Crippen LogP contribution in [0.2, 0.25) is 0 Å². The van der Waals surface area contributed by atoms with Crippen LogP contribution in [0.3, 0.4) is 0 Å². The van der Waals surface area contributed by atoms with Gasteiger partial charge < -0.3 is 0 Å². The minimum Gasteiger partial charge on any atom is -0.252 e. The number of hydrogen-bond donors (Lipinski definition) is 0. The van der Waals surface area contributed by atoms with E-state index in [0.29, 0.717) is 5.46 Å². The van der Waals surface area contributed by atoms with Crippen LogP contribution in [0.4, 0.5) is 0 Å². The van der Waals surface area contributed by atoms with Crippen molar-refractivity contribution in [3.05, 3.63) is 36.7 Å². The predicted octanol–water partition coefficient (Wildman–Crippen LogP) is 1.07. The lowest BCUT2D eigenvalue weighted by atomic mass is 9.96. The fraction of sp³-hybridized carbons (Fsp3) is 0. The lowest BCUT2D eigenvalue weighted by molar-refractivity contribution is 1.27. The minimum absolute atomic E-state index is 0.697. The zero-order chi connectivity index (χ0) is 9.26. The van der Waals surface area contributed by atoms with Gasteiger partial charge in [-0.2, -0.15) is 0 Å². The second kappa shape index (κ2) is 3.01. The molecule has 2 nitrogen and oxygen atoms in total. The Bertz CT molecular complexity index is 465. The highest BCUT2D eigenvalue weighted by atomic mass is 14.8. The molecule has 1 aromatic carbocycles. The summed E-state index contributed by atoms with van der Waals surface area (Å²) < 4.78 is 0. The Morgan fingerprint density at radius 3 is 2.92 bits per heavy atom. The standard InChI is InChI=1S/C10H7BN2/c1-2-8-6-12-9-4-3-7(11)5-10(9)13-8/h2-6H,1H2. The number of nitrogens with zero attached hydrogens (tertiary/aromatic N) is 2. The van der Waals surface area contributed by atoms with Gasteiger partial charge in [0, 0.05) is 0 Å². The van der Waals surface area contributed by atoms with E-state index in [1.165, 1.54) is 0 Å². The van der Waals surface area contributed by atoms with Crippen molar-refractivity contribution in [2.24, 2.45) is 0 Å². The highest BCUT2D eigenvalue weighted by Crippen LogP contribution is 2.07. The molecule has 0 bridgehead atoms. The van der Waals surface area contributed by atoms with E-state index in [0.717, 1.165) is 16.7 Å². The molecule has 0 amide bonds. The van der Waals surface area contributed by atoms with Gasteiger partial charge in [0.15, 0.2) is 0 Å². The lowest BCUT2D eigenvalue weighted by Gasteiger charge is -1.98. The fourth-order valence-corrected chi connectivity index (χ4v) is 1.14. The van der Waals surface area contributed by atoms with E-state index in [4.69, 9.17) is 7.85 Å². The summed E-state index contributed by atoms with van der Waals surface area (Å²) in [4.78, 5) is 8.50. The Kier molecular flexibility index (Phi) is 1.85. The van der Waals surface area contributed by atoms with Crippen molar-refractivity contribution < 1.29 is 0 Å². The molecule has 0 aliphatic rings. The van der Waals surface area contributed by atoms with Gasteiger partial charge in [0.2, 0.25) is 0 Å². The number of aromatic nitrogens is 2. The molecule has 0 unspecified atom stereocenters. The van der Waals surface area contributed by atoms with Gasteiger partial charge in [-0.1, -0.05) is 18.1 Å². The number of fused-ring (bicyclic) bond motifs is 1. The SMILES string of the molecule is [B]c1ccc2ncc(C=C)nc2c1. The van der Waals surface area contributed by atoms with E-state index < -0.39 is 0 Å². The van der Waals surface area contributed by atoms with E-state index >= 15 is 0 Å². The zero-order valence-electron chi connectivity index (χ0n) is 7.07. The van der Waals surface area contributed by atoms with E-state index in [-0.39, 0.29) is 0 Å². The third-order valence-electron chi connectivity index (χ3n) is 1.79. The molecule has 0 aliphatic heterocycles. The molecule has 0 atom stereocenters. The van der Waals surface area contributed by atoms with Crippen LogP contribution < -0.4 is 5.46 Å². The van der Waals surface area contributed by atoms with Crippen molar-refractivity contribution in [2.75, 3.05) is 0 Å². The topological polar surface area (TPSA) is 25.8 Å².